The molecule has 0 amide bonds. The molecule has 0 saturated heterocycles. The van der Waals surface area contributed by atoms with Crippen molar-refractivity contribution in [3.8, 4) is 0 Å². The van der Waals surface area contributed by atoms with E-state index in [4.69, 9.17) is 0 Å². The lowest BCUT2D eigenvalue weighted by atomic mass is 10.4. The Bertz CT molecular complexity index is 194. The Kier molecular flexibility index (Phi) is 4.18. The van der Waals surface area contributed by atoms with E-state index in [1.807, 2.05) is 0 Å². The van der Waals surface area contributed by atoms with Crippen LogP contribution < -0.4 is 0 Å². The Labute approximate surface area is 66.0 Å². The molecule has 0 heterocycles. The molecule has 0 fully saturated rings. The minimum absolute atomic E-state index is 0.0900. The summed E-state index contributed by atoms with van der Waals surface area (Å²) in [6.07, 6.45) is 3.93. The molecule has 0 aliphatic carbocycles. The van der Waals surface area contributed by atoms with Crippen LogP contribution >= 0.6 is 0 Å². The second kappa shape index (κ2) is 4.66. The van der Waals surface area contributed by atoms with E-state index in [2.05, 4.69) is 0 Å². The van der Waals surface area contributed by atoms with Crippen LogP contribution in [0.1, 0.15) is 6.92 Å². The summed E-state index contributed by atoms with van der Waals surface area (Å²) in [5.41, 5.74) is 0. The predicted molar refractivity (Wildman–Crippen MR) is 42.7 cm³/mol. The normalized spacial score (nSPS) is 12.2. The monoisotopic (exact) mass is 157 g/mol. The topological polar surface area (TPSA) is 20.3 Å². The Balaban J connectivity index is 4.01. The molecule has 0 bridgehead atoms. The Hall–Kier alpha value is -1.12. The van der Waals surface area contributed by atoms with Gasteiger partial charge in [0.2, 0.25) is 0 Å². The van der Waals surface area contributed by atoms with E-state index < -0.39 is 0 Å². The lowest BCUT2D eigenvalue weighted by Crippen LogP contribution is -2.06. The largest absolute Gasteiger partial charge is 0.355 e. The van der Waals surface area contributed by atoms with Crippen LogP contribution in [0.15, 0.2) is 24.2 Å². The van der Waals surface area contributed by atoms with Crippen molar-refractivity contribution in [3.05, 3.63) is 24.2 Å². The summed E-state index contributed by atoms with van der Waals surface area (Å²) < 4.78 is 12.6. The molecule has 0 rings (SSSR count). The molecule has 62 valence electrons. The van der Waals surface area contributed by atoms with Gasteiger partial charge in [-0.05, 0) is 19.1 Å². The van der Waals surface area contributed by atoms with Crippen molar-refractivity contribution in [1.82, 2.24) is 4.90 Å². The summed E-state index contributed by atoms with van der Waals surface area (Å²) in [5, 5.41) is 0. The maximum Gasteiger partial charge on any atom is 0.189 e. The minimum Gasteiger partial charge on any atom is -0.355 e. The van der Waals surface area contributed by atoms with Gasteiger partial charge in [-0.25, -0.2) is 0 Å². The highest BCUT2D eigenvalue weighted by Crippen LogP contribution is 1.98. The van der Waals surface area contributed by atoms with Crippen LogP contribution in [0.3, 0.4) is 0 Å². The van der Waals surface area contributed by atoms with Gasteiger partial charge in [-0.2, -0.15) is 4.39 Å². The first kappa shape index (κ1) is 9.88. The molecule has 0 aromatic heterocycles. The van der Waals surface area contributed by atoms with Gasteiger partial charge < -0.3 is 4.90 Å². The van der Waals surface area contributed by atoms with Crippen molar-refractivity contribution in [3.63, 3.8) is 0 Å². The minimum atomic E-state index is -0.373. The zero-order chi connectivity index (χ0) is 8.85. The van der Waals surface area contributed by atoms with Crippen LogP contribution in [-0.2, 0) is 4.79 Å². The lowest BCUT2D eigenvalue weighted by Gasteiger charge is -2.06. The third-order valence-corrected chi connectivity index (χ3v) is 0.992. The number of nitrogens with zero attached hydrogens (tertiary/aromatic N) is 1. The van der Waals surface area contributed by atoms with Crippen molar-refractivity contribution in [2.75, 3.05) is 14.1 Å². The van der Waals surface area contributed by atoms with Crippen LogP contribution in [0.2, 0.25) is 0 Å². The van der Waals surface area contributed by atoms with Crippen LogP contribution in [0, 0.1) is 0 Å². The van der Waals surface area contributed by atoms with E-state index in [1.54, 1.807) is 14.1 Å². The number of rotatable bonds is 3. The number of allylic oxidation sites excluding steroid dienone is 3. The van der Waals surface area contributed by atoms with Gasteiger partial charge in [0.1, 0.15) is 0 Å². The lowest BCUT2D eigenvalue weighted by molar-refractivity contribution is -0.112. The SMILES string of the molecule is CC(=O)/C=C/C=C(\F)N(C)C. The highest BCUT2D eigenvalue weighted by Gasteiger charge is 1.91. The van der Waals surface area contributed by atoms with E-state index in [1.165, 1.54) is 30.1 Å². The number of ketones is 1. The van der Waals surface area contributed by atoms with E-state index in [0.717, 1.165) is 0 Å². The molecule has 2 nitrogen and oxygen atoms in total. The van der Waals surface area contributed by atoms with Crippen LogP contribution in [0.4, 0.5) is 4.39 Å². The zero-order valence-electron chi connectivity index (χ0n) is 6.97. The molecule has 0 spiro atoms. The van der Waals surface area contributed by atoms with Gasteiger partial charge in [0.15, 0.2) is 11.7 Å². The summed E-state index contributed by atoms with van der Waals surface area (Å²) in [6.45, 7) is 1.41. The number of carbonyl (C=O) groups is 1. The molecule has 0 saturated carbocycles. The van der Waals surface area contributed by atoms with Crippen molar-refractivity contribution >= 4 is 5.78 Å². The van der Waals surface area contributed by atoms with E-state index in [0.29, 0.717) is 0 Å². The average Bonchev–Trinajstić information content (AvgIpc) is 1.86. The molecule has 0 aliphatic heterocycles. The maximum absolute atomic E-state index is 12.6. The summed E-state index contributed by atoms with van der Waals surface area (Å²) in [5.74, 6) is -0.463. The van der Waals surface area contributed by atoms with Crippen molar-refractivity contribution in [2.45, 2.75) is 6.92 Å². The van der Waals surface area contributed by atoms with Gasteiger partial charge in [0.05, 0.1) is 0 Å². The summed E-state index contributed by atoms with van der Waals surface area (Å²) in [7, 11) is 3.18. The molecule has 0 N–H and O–H groups in total. The molecule has 0 aliphatic rings. The van der Waals surface area contributed by atoms with Crippen molar-refractivity contribution in [1.29, 1.82) is 0 Å². The Morgan fingerprint density at radius 2 is 2.00 bits per heavy atom. The van der Waals surface area contributed by atoms with Gasteiger partial charge in [-0.15, -0.1) is 0 Å². The van der Waals surface area contributed by atoms with Gasteiger partial charge in [0, 0.05) is 14.1 Å². The molecule has 0 radical (unpaired) electrons. The number of halogens is 1. The summed E-state index contributed by atoms with van der Waals surface area (Å²) in [4.78, 5) is 11.7. The molecule has 11 heavy (non-hydrogen) atoms. The second-order valence-electron chi connectivity index (χ2n) is 2.35. The molecular weight excluding hydrogens is 145 g/mol. The Morgan fingerprint density at radius 3 is 2.36 bits per heavy atom. The Morgan fingerprint density at radius 1 is 1.45 bits per heavy atom. The van der Waals surface area contributed by atoms with E-state index in [-0.39, 0.29) is 11.7 Å². The molecule has 3 heteroatoms. The zero-order valence-corrected chi connectivity index (χ0v) is 6.97. The molecule has 0 aromatic rings. The van der Waals surface area contributed by atoms with Gasteiger partial charge >= 0.3 is 0 Å². The third kappa shape index (κ3) is 5.33. The van der Waals surface area contributed by atoms with Crippen LogP contribution in [0.25, 0.3) is 0 Å². The first-order valence-electron chi connectivity index (χ1n) is 3.26. The van der Waals surface area contributed by atoms with Gasteiger partial charge in [-0.1, -0.05) is 6.08 Å². The van der Waals surface area contributed by atoms with Crippen molar-refractivity contribution in [2.24, 2.45) is 0 Å². The maximum atomic E-state index is 12.6. The van der Waals surface area contributed by atoms with E-state index >= 15 is 0 Å². The highest BCUT2D eigenvalue weighted by molar-refractivity contribution is 5.87. The fraction of sp³-hybridized carbons (Fsp3) is 0.375. The molecular formula is C8H12FNO. The standard InChI is InChI=1S/C8H12FNO/c1-7(11)5-4-6-8(9)10(2)3/h4-6H,1-3H3/b5-4+,8-6+. The first-order chi connectivity index (χ1) is 5.04. The van der Waals surface area contributed by atoms with Crippen LogP contribution in [0.5, 0.6) is 0 Å². The van der Waals surface area contributed by atoms with Crippen molar-refractivity contribution < 1.29 is 9.18 Å². The number of hydrogen-bond donors (Lipinski definition) is 0. The van der Waals surface area contributed by atoms with E-state index in [9.17, 15) is 9.18 Å². The third-order valence-electron chi connectivity index (χ3n) is 0.992. The smallest absolute Gasteiger partial charge is 0.189 e. The second-order valence-corrected chi connectivity index (χ2v) is 2.35. The summed E-state index contributed by atoms with van der Waals surface area (Å²) in [6, 6.07) is 0. The van der Waals surface area contributed by atoms with Gasteiger partial charge in [-0.3, -0.25) is 4.79 Å². The fourth-order valence-corrected chi connectivity index (χ4v) is 0.412. The first-order valence-corrected chi connectivity index (χ1v) is 3.26. The molecule has 0 aromatic carbocycles. The molecule has 0 unspecified atom stereocenters. The molecule has 0 atom stereocenters. The predicted octanol–water partition coefficient (Wildman–Crippen LogP) is 1.50. The quantitative estimate of drug-likeness (QED) is 0.351. The number of carbonyl (C=O) groups excluding carboxylic acids is 1. The fourth-order valence-electron chi connectivity index (χ4n) is 0.412. The average molecular weight is 157 g/mol. The highest BCUT2D eigenvalue weighted by atomic mass is 19.1. The van der Waals surface area contributed by atoms with Gasteiger partial charge in [0.25, 0.3) is 0 Å². The van der Waals surface area contributed by atoms with Crippen LogP contribution in [-0.4, -0.2) is 24.8 Å². The summed E-state index contributed by atoms with van der Waals surface area (Å²) >= 11 is 0. The number of hydrogen-bond acceptors (Lipinski definition) is 2.